The molecule has 1 aromatic carbocycles. The van der Waals surface area contributed by atoms with Crippen LogP contribution in [0.25, 0.3) is 6.08 Å². The molecule has 4 heteroatoms. The Labute approximate surface area is 107 Å². The number of hydrogen-bond acceptors (Lipinski definition) is 3. The van der Waals surface area contributed by atoms with Gasteiger partial charge in [-0.1, -0.05) is 24.3 Å². The van der Waals surface area contributed by atoms with Gasteiger partial charge in [-0.2, -0.15) is 0 Å². The lowest BCUT2D eigenvalue weighted by atomic mass is 10.1. The van der Waals surface area contributed by atoms with Crippen LogP contribution in [-0.2, 0) is 11.3 Å². The van der Waals surface area contributed by atoms with Crippen LogP contribution in [0.4, 0.5) is 0 Å². The highest BCUT2D eigenvalue weighted by Crippen LogP contribution is 2.08. The first-order valence-electron chi connectivity index (χ1n) is 5.84. The van der Waals surface area contributed by atoms with Gasteiger partial charge in [0.05, 0.1) is 6.10 Å². The largest absolute Gasteiger partial charge is 0.478 e. The fourth-order valence-electron chi connectivity index (χ4n) is 1.73. The Balaban J connectivity index is 2.57. The first kappa shape index (κ1) is 14.4. The van der Waals surface area contributed by atoms with Gasteiger partial charge in [0.15, 0.2) is 0 Å². The van der Waals surface area contributed by atoms with Gasteiger partial charge < -0.3 is 10.2 Å². The molecule has 1 rings (SSSR count). The second-order valence-electron chi connectivity index (χ2n) is 4.46. The van der Waals surface area contributed by atoms with Gasteiger partial charge in [0, 0.05) is 19.2 Å². The first-order chi connectivity index (χ1) is 8.47. The topological polar surface area (TPSA) is 60.8 Å². The summed E-state index contributed by atoms with van der Waals surface area (Å²) in [5.74, 6) is -0.948. The minimum atomic E-state index is -0.948. The van der Waals surface area contributed by atoms with Gasteiger partial charge in [-0.3, -0.25) is 4.90 Å². The van der Waals surface area contributed by atoms with E-state index in [-0.39, 0.29) is 6.10 Å². The summed E-state index contributed by atoms with van der Waals surface area (Å²) < 4.78 is 0. The van der Waals surface area contributed by atoms with Crippen LogP contribution in [0.15, 0.2) is 30.3 Å². The zero-order chi connectivity index (χ0) is 13.5. The van der Waals surface area contributed by atoms with E-state index in [1.54, 1.807) is 13.0 Å². The zero-order valence-electron chi connectivity index (χ0n) is 10.7. The number of carbonyl (C=O) groups is 1. The van der Waals surface area contributed by atoms with Crippen molar-refractivity contribution in [3.63, 3.8) is 0 Å². The normalized spacial score (nSPS) is 13.1. The minimum absolute atomic E-state index is 0.340. The molecule has 1 unspecified atom stereocenters. The Morgan fingerprint density at radius 1 is 1.39 bits per heavy atom. The van der Waals surface area contributed by atoms with Crippen molar-refractivity contribution in [1.82, 2.24) is 4.90 Å². The summed E-state index contributed by atoms with van der Waals surface area (Å²) in [7, 11) is 1.95. The van der Waals surface area contributed by atoms with Crippen molar-refractivity contribution in [2.24, 2.45) is 0 Å². The molecule has 1 aromatic rings. The zero-order valence-corrected chi connectivity index (χ0v) is 10.7. The molecule has 0 heterocycles. The molecule has 0 bridgehead atoms. The number of carboxylic acid groups (broad SMARTS) is 1. The lowest BCUT2D eigenvalue weighted by Crippen LogP contribution is -2.26. The summed E-state index contributed by atoms with van der Waals surface area (Å²) in [5, 5.41) is 17.8. The fourth-order valence-corrected chi connectivity index (χ4v) is 1.73. The summed E-state index contributed by atoms with van der Waals surface area (Å²) in [4.78, 5) is 12.4. The number of aliphatic carboxylic acids is 1. The molecule has 0 fully saturated rings. The smallest absolute Gasteiger partial charge is 0.328 e. The summed E-state index contributed by atoms with van der Waals surface area (Å²) in [6, 6.07) is 7.68. The van der Waals surface area contributed by atoms with Crippen molar-refractivity contribution >= 4 is 12.0 Å². The molecule has 0 aliphatic carbocycles. The maximum absolute atomic E-state index is 10.4. The second-order valence-corrected chi connectivity index (χ2v) is 4.46. The van der Waals surface area contributed by atoms with Crippen LogP contribution >= 0.6 is 0 Å². The third-order valence-electron chi connectivity index (χ3n) is 2.43. The third kappa shape index (κ3) is 5.61. The van der Waals surface area contributed by atoms with Crippen molar-refractivity contribution in [3.8, 4) is 0 Å². The lowest BCUT2D eigenvalue weighted by Gasteiger charge is -2.18. The van der Waals surface area contributed by atoms with Crippen LogP contribution in [0.2, 0.25) is 0 Å². The van der Waals surface area contributed by atoms with Crippen LogP contribution in [0.3, 0.4) is 0 Å². The average Bonchev–Trinajstić information content (AvgIpc) is 2.26. The van der Waals surface area contributed by atoms with Gasteiger partial charge in [-0.25, -0.2) is 4.79 Å². The van der Waals surface area contributed by atoms with Crippen LogP contribution < -0.4 is 0 Å². The standard InChI is InChI=1S/C14H19NO3/c1-11(16)9-15(2)10-13-5-3-12(4-6-13)7-8-14(17)18/h3-8,11,16H,9-10H2,1-2H3,(H,17,18). The number of rotatable bonds is 6. The number of hydrogen-bond donors (Lipinski definition) is 2. The van der Waals surface area contributed by atoms with E-state index in [4.69, 9.17) is 5.11 Å². The minimum Gasteiger partial charge on any atom is -0.478 e. The second kappa shape index (κ2) is 6.93. The third-order valence-corrected chi connectivity index (χ3v) is 2.43. The molecule has 0 spiro atoms. The van der Waals surface area contributed by atoms with Crippen molar-refractivity contribution < 1.29 is 15.0 Å². The Morgan fingerprint density at radius 2 is 2.00 bits per heavy atom. The van der Waals surface area contributed by atoms with Gasteiger partial charge in [0.2, 0.25) is 0 Å². The van der Waals surface area contributed by atoms with Crippen LogP contribution in [0, 0.1) is 0 Å². The van der Waals surface area contributed by atoms with E-state index in [0.717, 1.165) is 23.7 Å². The number of aliphatic hydroxyl groups excluding tert-OH is 1. The monoisotopic (exact) mass is 249 g/mol. The number of benzene rings is 1. The van der Waals surface area contributed by atoms with Gasteiger partial charge >= 0.3 is 5.97 Å². The van der Waals surface area contributed by atoms with E-state index in [9.17, 15) is 9.90 Å². The summed E-state index contributed by atoms with van der Waals surface area (Å²) >= 11 is 0. The Kier molecular flexibility index (Phi) is 5.55. The molecule has 0 saturated carbocycles. The predicted octanol–water partition coefficient (Wildman–Crippen LogP) is 1.60. The molecule has 0 radical (unpaired) electrons. The van der Waals surface area contributed by atoms with Gasteiger partial charge in [0.1, 0.15) is 0 Å². The number of aliphatic hydroxyl groups is 1. The fraction of sp³-hybridized carbons (Fsp3) is 0.357. The van der Waals surface area contributed by atoms with Gasteiger partial charge in [-0.15, -0.1) is 0 Å². The van der Waals surface area contributed by atoms with Crippen molar-refractivity contribution in [2.75, 3.05) is 13.6 Å². The van der Waals surface area contributed by atoms with E-state index < -0.39 is 5.97 Å². The van der Waals surface area contributed by atoms with Gasteiger partial charge in [-0.05, 0) is 31.2 Å². The maximum atomic E-state index is 10.4. The van der Waals surface area contributed by atoms with E-state index in [2.05, 4.69) is 0 Å². The molecule has 0 aliphatic heterocycles. The van der Waals surface area contributed by atoms with Crippen molar-refractivity contribution in [1.29, 1.82) is 0 Å². The molecule has 0 aromatic heterocycles. The first-order valence-corrected chi connectivity index (χ1v) is 5.84. The predicted molar refractivity (Wildman–Crippen MR) is 71.1 cm³/mol. The maximum Gasteiger partial charge on any atom is 0.328 e. The van der Waals surface area contributed by atoms with Crippen LogP contribution in [-0.4, -0.2) is 40.8 Å². The SMILES string of the molecule is CC(O)CN(C)Cc1ccc(C=CC(=O)O)cc1. The Hall–Kier alpha value is -1.65. The average molecular weight is 249 g/mol. The highest BCUT2D eigenvalue weighted by Gasteiger charge is 2.03. The molecule has 98 valence electrons. The quantitative estimate of drug-likeness (QED) is 0.752. The summed E-state index contributed by atoms with van der Waals surface area (Å²) in [6.45, 7) is 3.14. The molecule has 0 saturated heterocycles. The highest BCUT2D eigenvalue weighted by atomic mass is 16.4. The molecule has 0 amide bonds. The Bertz CT molecular complexity index is 410. The number of nitrogens with zero attached hydrogens (tertiary/aromatic N) is 1. The molecule has 18 heavy (non-hydrogen) atoms. The molecule has 1 atom stereocenters. The summed E-state index contributed by atoms with van der Waals surface area (Å²) in [6.07, 6.45) is 2.34. The van der Waals surface area contributed by atoms with E-state index in [1.807, 2.05) is 36.2 Å². The van der Waals surface area contributed by atoms with Crippen LogP contribution in [0.5, 0.6) is 0 Å². The Morgan fingerprint density at radius 3 is 2.50 bits per heavy atom. The molecule has 2 N–H and O–H groups in total. The van der Waals surface area contributed by atoms with Crippen molar-refractivity contribution in [2.45, 2.75) is 19.6 Å². The highest BCUT2D eigenvalue weighted by molar-refractivity contribution is 5.85. The number of carboxylic acids is 1. The molecular formula is C14H19NO3. The molecule has 4 nitrogen and oxygen atoms in total. The molecular weight excluding hydrogens is 230 g/mol. The summed E-state index contributed by atoms with van der Waals surface area (Å²) in [5.41, 5.74) is 1.99. The van der Waals surface area contributed by atoms with E-state index >= 15 is 0 Å². The van der Waals surface area contributed by atoms with E-state index in [0.29, 0.717) is 6.54 Å². The lowest BCUT2D eigenvalue weighted by molar-refractivity contribution is -0.131. The van der Waals surface area contributed by atoms with E-state index in [1.165, 1.54) is 0 Å². The molecule has 0 aliphatic rings. The van der Waals surface area contributed by atoms with Crippen LogP contribution in [0.1, 0.15) is 18.1 Å². The van der Waals surface area contributed by atoms with Crippen molar-refractivity contribution in [3.05, 3.63) is 41.5 Å². The number of likely N-dealkylation sites (N-methyl/N-ethyl adjacent to an activating group) is 1. The van der Waals surface area contributed by atoms with Gasteiger partial charge in [0.25, 0.3) is 0 Å².